The SMILES string of the molecule is O=c1[nH]c(CSc2ccc(F)cc2)nc2scc(-c3ccc(F)cc3)c12. The number of fused-ring (bicyclic) bond motifs is 1. The summed E-state index contributed by atoms with van der Waals surface area (Å²) in [6.07, 6.45) is 0. The van der Waals surface area contributed by atoms with Gasteiger partial charge in [-0.25, -0.2) is 13.8 Å². The van der Waals surface area contributed by atoms with Gasteiger partial charge in [-0.15, -0.1) is 23.1 Å². The van der Waals surface area contributed by atoms with E-state index in [0.717, 1.165) is 16.0 Å². The van der Waals surface area contributed by atoms with Crippen LogP contribution in [0.15, 0.2) is 63.6 Å². The van der Waals surface area contributed by atoms with E-state index in [1.54, 1.807) is 24.3 Å². The molecule has 0 unspecified atom stereocenters. The largest absolute Gasteiger partial charge is 0.309 e. The molecule has 0 spiro atoms. The van der Waals surface area contributed by atoms with Crippen LogP contribution in [0.1, 0.15) is 5.82 Å². The predicted octanol–water partition coefficient (Wildman–Crippen LogP) is 5.22. The molecule has 3 nitrogen and oxygen atoms in total. The second-order valence-corrected chi connectivity index (χ2v) is 7.50. The van der Waals surface area contributed by atoms with Gasteiger partial charge in [0.15, 0.2) is 0 Å². The zero-order chi connectivity index (χ0) is 18.1. The number of aromatic amines is 1. The van der Waals surface area contributed by atoms with E-state index in [0.29, 0.717) is 21.8 Å². The van der Waals surface area contributed by atoms with E-state index in [1.807, 2.05) is 5.38 Å². The maximum Gasteiger partial charge on any atom is 0.260 e. The van der Waals surface area contributed by atoms with Crippen LogP contribution in [-0.2, 0) is 5.75 Å². The van der Waals surface area contributed by atoms with Crippen molar-refractivity contribution < 1.29 is 8.78 Å². The summed E-state index contributed by atoms with van der Waals surface area (Å²) in [5.41, 5.74) is 1.31. The summed E-state index contributed by atoms with van der Waals surface area (Å²) >= 11 is 2.85. The third kappa shape index (κ3) is 3.40. The molecule has 0 aliphatic carbocycles. The third-order valence-electron chi connectivity index (χ3n) is 3.84. The van der Waals surface area contributed by atoms with Crippen LogP contribution in [0.2, 0.25) is 0 Å². The van der Waals surface area contributed by atoms with Gasteiger partial charge >= 0.3 is 0 Å². The first-order chi connectivity index (χ1) is 12.6. The molecule has 4 rings (SSSR count). The van der Waals surface area contributed by atoms with E-state index in [2.05, 4.69) is 9.97 Å². The molecule has 0 bridgehead atoms. The van der Waals surface area contributed by atoms with Crippen molar-refractivity contribution >= 4 is 33.3 Å². The highest BCUT2D eigenvalue weighted by Gasteiger charge is 2.13. The van der Waals surface area contributed by atoms with Crippen LogP contribution in [-0.4, -0.2) is 9.97 Å². The van der Waals surface area contributed by atoms with Gasteiger partial charge in [0.2, 0.25) is 0 Å². The molecule has 26 heavy (non-hydrogen) atoms. The van der Waals surface area contributed by atoms with Crippen molar-refractivity contribution in [3.63, 3.8) is 0 Å². The lowest BCUT2D eigenvalue weighted by molar-refractivity contribution is 0.626. The number of aromatic nitrogens is 2. The van der Waals surface area contributed by atoms with E-state index in [-0.39, 0.29) is 17.2 Å². The Morgan fingerprint density at radius 1 is 1.00 bits per heavy atom. The van der Waals surface area contributed by atoms with E-state index < -0.39 is 0 Å². The zero-order valence-electron chi connectivity index (χ0n) is 13.3. The van der Waals surface area contributed by atoms with Crippen molar-refractivity contribution in [3.8, 4) is 11.1 Å². The molecule has 0 saturated carbocycles. The van der Waals surface area contributed by atoms with E-state index in [1.165, 1.54) is 47.4 Å². The van der Waals surface area contributed by atoms with Gasteiger partial charge in [-0.3, -0.25) is 4.79 Å². The van der Waals surface area contributed by atoms with Gasteiger partial charge < -0.3 is 4.98 Å². The van der Waals surface area contributed by atoms with Crippen LogP contribution < -0.4 is 5.56 Å². The Bertz CT molecular complexity index is 1120. The second kappa shape index (κ2) is 7.01. The Balaban J connectivity index is 1.64. The van der Waals surface area contributed by atoms with Crippen LogP contribution in [0, 0.1) is 11.6 Å². The highest BCUT2D eigenvalue weighted by molar-refractivity contribution is 7.98. The number of rotatable bonds is 4. The molecule has 0 amide bonds. The van der Waals surface area contributed by atoms with Gasteiger partial charge in [0.25, 0.3) is 5.56 Å². The number of nitrogens with zero attached hydrogens (tertiary/aromatic N) is 1. The predicted molar refractivity (Wildman–Crippen MR) is 102 cm³/mol. The van der Waals surface area contributed by atoms with Crippen molar-refractivity contribution in [2.75, 3.05) is 0 Å². The Labute approximate surface area is 155 Å². The highest BCUT2D eigenvalue weighted by Crippen LogP contribution is 2.31. The Kier molecular flexibility index (Phi) is 4.57. The molecular weight excluding hydrogens is 374 g/mol. The maximum absolute atomic E-state index is 13.1. The zero-order valence-corrected chi connectivity index (χ0v) is 15.0. The summed E-state index contributed by atoms with van der Waals surface area (Å²) in [6.45, 7) is 0. The van der Waals surface area contributed by atoms with E-state index in [9.17, 15) is 13.6 Å². The fraction of sp³-hybridized carbons (Fsp3) is 0.0526. The van der Waals surface area contributed by atoms with Gasteiger partial charge in [-0.1, -0.05) is 12.1 Å². The molecule has 130 valence electrons. The minimum absolute atomic E-state index is 0.217. The van der Waals surface area contributed by atoms with Crippen molar-refractivity contribution in [1.82, 2.24) is 9.97 Å². The first kappa shape index (κ1) is 16.9. The summed E-state index contributed by atoms with van der Waals surface area (Å²) in [5.74, 6) is 0.430. The molecule has 0 atom stereocenters. The Morgan fingerprint density at radius 3 is 2.35 bits per heavy atom. The number of thioether (sulfide) groups is 1. The molecule has 0 radical (unpaired) electrons. The van der Waals surface area contributed by atoms with E-state index >= 15 is 0 Å². The standard InChI is InChI=1S/C19H12F2N2OS2/c20-12-3-1-11(2-4-12)15-9-26-19-17(15)18(24)22-16(23-19)10-25-14-7-5-13(21)6-8-14/h1-9H,10H2,(H,22,23,24). The molecule has 2 heterocycles. The summed E-state index contributed by atoms with van der Waals surface area (Å²) in [6, 6.07) is 12.2. The molecule has 0 fully saturated rings. The molecular formula is C19H12F2N2OS2. The van der Waals surface area contributed by atoms with Crippen LogP contribution in [0.25, 0.3) is 21.3 Å². The summed E-state index contributed by atoms with van der Waals surface area (Å²) in [5, 5.41) is 2.37. The number of hydrogen-bond acceptors (Lipinski definition) is 4. The fourth-order valence-corrected chi connectivity index (χ4v) is 4.32. The molecule has 2 aromatic heterocycles. The van der Waals surface area contributed by atoms with Gasteiger partial charge in [-0.2, -0.15) is 0 Å². The van der Waals surface area contributed by atoms with Crippen LogP contribution >= 0.6 is 23.1 Å². The highest BCUT2D eigenvalue weighted by atomic mass is 32.2. The van der Waals surface area contributed by atoms with Gasteiger partial charge in [0.1, 0.15) is 22.3 Å². The third-order valence-corrected chi connectivity index (χ3v) is 5.73. The normalized spacial score (nSPS) is 11.2. The van der Waals surface area contributed by atoms with Gasteiger partial charge in [0.05, 0.1) is 11.1 Å². The number of nitrogens with one attached hydrogen (secondary N) is 1. The molecule has 0 aliphatic rings. The molecule has 0 saturated heterocycles. The topological polar surface area (TPSA) is 45.8 Å². The van der Waals surface area contributed by atoms with Gasteiger partial charge in [-0.05, 0) is 42.0 Å². The van der Waals surface area contributed by atoms with Gasteiger partial charge in [0, 0.05) is 15.8 Å². The molecule has 7 heteroatoms. The first-order valence-corrected chi connectivity index (χ1v) is 9.61. The van der Waals surface area contributed by atoms with Crippen molar-refractivity contribution in [1.29, 1.82) is 0 Å². The average molecular weight is 386 g/mol. The summed E-state index contributed by atoms with van der Waals surface area (Å²) in [7, 11) is 0. The van der Waals surface area contributed by atoms with Crippen molar-refractivity contribution in [2.24, 2.45) is 0 Å². The fourth-order valence-electron chi connectivity index (χ4n) is 2.59. The number of H-pyrrole nitrogens is 1. The number of benzene rings is 2. The van der Waals surface area contributed by atoms with Crippen LogP contribution in [0.5, 0.6) is 0 Å². The van der Waals surface area contributed by atoms with Crippen molar-refractivity contribution in [2.45, 2.75) is 10.6 Å². The summed E-state index contributed by atoms with van der Waals surface area (Å²) in [4.78, 5) is 21.4. The summed E-state index contributed by atoms with van der Waals surface area (Å²) < 4.78 is 26.1. The smallest absolute Gasteiger partial charge is 0.260 e. The average Bonchev–Trinajstić information content (AvgIpc) is 3.06. The maximum atomic E-state index is 13.1. The number of hydrogen-bond donors (Lipinski definition) is 1. The molecule has 2 aromatic carbocycles. The Hall–Kier alpha value is -2.51. The molecule has 1 N–H and O–H groups in total. The monoisotopic (exact) mass is 386 g/mol. The quantitative estimate of drug-likeness (QED) is 0.489. The number of halogens is 2. The number of thiophene rings is 1. The van der Waals surface area contributed by atoms with E-state index in [4.69, 9.17) is 0 Å². The Morgan fingerprint density at radius 2 is 1.65 bits per heavy atom. The second-order valence-electron chi connectivity index (χ2n) is 5.59. The molecule has 0 aliphatic heterocycles. The lowest BCUT2D eigenvalue weighted by atomic mass is 10.1. The first-order valence-electron chi connectivity index (χ1n) is 7.75. The minimum Gasteiger partial charge on any atom is -0.309 e. The lowest BCUT2D eigenvalue weighted by Crippen LogP contribution is -2.10. The molecule has 4 aromatic rings. The minimum atomic E-state index is -0.319. The lowest BCUT2D eigenvalue weighted by Gasteiger charge is -2.03. The van der Waals surface area contributed by atoms with Crippen LogP contribution in [0.4, 0.5) is 8.78 Å². The van der Waals surface area contributed by atoms with Crippen LogP contribution in [0.3, 0.4) is 0 Å². The van der Waals surface area contributed by atoms with Crippen molar-refractivity contribution in [3.05, 3.63) is 81.7 Å².